The van der Waals surface area contributed by atoms with E-state index in [4.69, 9.17) is 0 Å². The molecule has 0 radical (unpaired) electrons. The van der Waals surface area contributed by atoms with Gasteiger partial charge in [-0.25, -0.2) is 0 Å². The molecule has 0 saturated carbocycles. The summed E-state index contributed by atoms with van der Waals surface area (Å²) in [6, 6.07) is 6.54. The van der Waals surface area contributed by atoms with Gasteiger partial charge in [-0.3, -0.25) is 9.88 Å². The summed E-state index contributed by atoms with van der Waals surface area (Å²) in [6.45, 7) is 8.72. The van der Waals surface area contributed by atoms with Crippen LogP contribution in [0.1, 0.15) is 26.5 Å². The first-order valence-corrected chi connectivity index (χ1v) is 6.19. The Morgan fingerprint density at radius 2 is 2.06 bits per heavy atom. The molecule has 0 saturated heterocycles. The van der Waals surface area contributed by atoms with Gasteiger partial charge in [0.15, 0.2) is 0 Å². The highest BCUT2D eigenvalue weighted by Crippen LogP contribution is 2.19. The van der Waals surface area contributed by atoms with Gasteiger partial charge in [0, 0.05) is 25.3 Å². The number of aromatic nitrogens is 1. The van der Waals surface area contributed by atoms with E-state index in [1.807, 2.05) is 25.4 Å². The summed E-state index contributed by atoms with van der Waals surface area (Å²) in [5.74, 6) is 0. The van der Waals surface area contributed by atoms with Crippen LogP contribution in [0.3, 0.4) is 0 Å². The van der Waals surface area contributed by atoms with E-state index in [2.05, 4.69) is 49.1 Å². The molecule has 0 aliphatic heterocycles. The molecule has 0 aliphatic carbocycles. The first-order valence-electron chi connectivity index (χ1n) is 6.19. The molecule has 1 aromatic heterocycles. The average molecular weight is 235 g/mol. The predicted molar refractivity (Wildman–Crippen MR) is 72.9 cm³/mol. The Bertz CT molecular complexity index is 316. The molecule has 0 bridgehead atoms. The summed E-state index contributed by atoms with van der Waals surface area (Å²) in [7, 11) is 4.18. The highest BCUT2D eigenvalue weighted by molar-refractivity contribution is 5.03. The van der Waals surface area contributed by atoms with Crippen LogP contribution in [0.5, 0.6) is 0 Å². The van der Waals surface area contributed by atoms with Crippen molar-refractivity contribution >= 4 is 0 Å². The SMILES string of the molecule is CNC(CN(C)Cc1ccccn1)C(C)(C)C. The van der Waals surface area contributed by atoms with Gasteiger partial charge >= 0.3 is 0 Å². The van der Waals surface area contributed by atoms with Gasteiger partial charge in [-0.2, -0.15) is 0 Å². The number of hydrogen-bond donors (Lipinski definition) is 1. The van der Waals surface area contributed by atoms with Crippen LogP contribution in [0.15, 0.2) is 24.4 Å². The lowest BCUT2D eigenvalue weighted by Crippen LogP contribution is -2.46. The molecule has 1 unspecified atom stereocenters. The molecular weight excluding hydrogens is 210 g/mol. The Morgan fingerprint density at radius 3 is 2.53 bits per heavy atom. The third kappa shape index (κ3) is 4.84. The summed E-state index contributed by atoms with van der Waals surface area (Å²) in [6.07, 6.45) is 1.85. The summed E-state index contributed by atoms with van der Waals surface area (Å²) in [5, 5.41) is 3.40. The van der Waals surface area contributed by atoms with Crippen molar-refractivity contribution in [3.63, 3.8) is 0 Å². The van der Waals surface area contributed by atoms with Crippen LogP contribution < -0.4 is 5.32 Å². The molecule has 0 spiro atoms. The second-order valence-corrected chi connectivity index (χ2v) is 5.73. The molecular formula is C14H25N3. The van der Waals surface area contributed by atoms with E-state index < -0.39 is 0 Å². The Labute approximate surface area is 105 Å². The van der Waals surface area contributed by atoms with E-state index >= 15 is 0 Å². The van der Waals surface area contributed by atoms with Gasteiger partial charge in [0.1, 0.15) is 0 Å². The van der Waals surface area contributed by atoms with Gasteiger partial charge in [-0.15, -0.1) is 0 Å². The van der Waals surface area contributed by atoms with E-state index in [-0.39, 0.29) is 5.41 Å². The van der Waals surface area contributed by atoms with E-state index in [1.54, 1.807) is 0 Å². The molecule has 96 valence electrons. The largest absolute Gasteiger partial charge is 0.315 e. The van der Waals surface area contributed by atoms with Crippen LogP contribution in [0.2, 0.25) is 0 Å². The standard InChI is InChI=1S/C14H25N3/c1-14(2,3)13(15-4)11-17(5)10-12-8-6-7-9-16-12/h6-9,13,15H,10-11H2,1-5H3. The van der Waals surface area contributed by atoms with Gasteiger partial charge in [0.2, 0.25) is 0 Å². The fourth-order valence-electron chi connectivity index (χ4n) is 1.94. The van der Waals surface area contributed by atoms with Crippen molar-refractivity contribution < 1.29 is 0 Å². The van der Waals surface area contributed by atoms with Crippen molar-refractivity contribution in [1.29, 1.82) is 0 Å². The van der Waals surface area contributed by atoms with Crippen LogP contribution in [-0.2, 0) is 6.54 Å². The summed E-state index contributed by atoms with van der Waals surface area (Å²) in [5.41, 5.74) is 1.39. The quantitative estimate of drug-likeness (QED) is 0.847. The lowest BCUT2D eigenvalue weighted by molar-refractivity contribution is 0.197. The van der Waals surface area contributed by atoms with E-state index in [9.17, 15) is 0 Å². The number of likely N-dealkylation sites (N-methyl/N-ethyl adjacent to an activating group) is 2. The summed E-state index contributed by atoms with van der Waals surface area (Å²) >= 11 is 0. The molecule has 3 nitrogen and oxygen atoms in total. The average Bonchev–Trinajstić information content (AvgIpc) is 2.25. The molecule has 1 heterocycles. The van der Waals surface area contributed by atoms with Gasteiger partial charge in [-0.05, 0) is 31.6 Å². The molecule has 0 aliphatic rings. The monoisotopic (exact) mass is 235 g/mol. The Kier molecular flexibility index (Phi) is 5.09. The molecule has 0 fully saturated rings. The third-order valence-electron chi connectivity index (χ3n) is 3.05. The van der Waals surface area contributed by atoms with Crippen molar-refractivity contribution in [3.05, 3.63) is 30.1 Å². The number of rotatable bonds is 5. The maximum Gasteiger partial charge on any atom is 0.0543 e. The van der Waals surface area contributed by atoms with Crippen LogP contribution in [-0.4, -0.2) is 36.6 Å². The normalized spacial score (nSPS) is 14.0. The van der Waals surface area contributed by atoms with Crippen molar-refractivity contribution in [1.82, 2.24) is 15.2 Å². The summed E-state index contributed by atoms with van der Waals surface area (Å²) < 4.78 is 0. The number of nitrogens with zero attached hydrogens (tertiary/aromatic N) is 2. The van der Waals surface area contributed by atoms with Crippen LogP contribution in [0, 0.1) is 5.41 Å². The minimum Gasteiger partial charge on any atom is -0.315 e. The highest BCUT2D eigenvalue weighted by atomic mass is 15.1. The second kappa shape index (κ2) is 6.12. The first kappa shape index (κ1) is 14.1. The minimum absolute atomic E-state index is 0.271. The van der Waals surface area contributed by atoms with Crippen LogP contribution >= 0.6 is 0 Å². The lowest BCUT2D eigenvalue weighted by atomic mass is 9.86. The molecule has 0 amide bonds. The fourth-order valence-corrected chi connectivity index (χ4v) is 1.94. The number of pyridine rings is 1. The summed E-state index contributed by atoms with van der Waals surface area (Å²) in [4.78, 5) is 6.67. The topological polar surface area (TPSA) is 28.2 Å². The van der Waals surface area contributed by atoms with E-state index in [1.165, 1.54) is 0 Å². The van der Waals surface area contributed by atoms with E-state index in [0.29, 0.717) is 6.04 Å². The third-order valence-corrected chi connectivity index (χ3v) is 3.05. The van der Waals surface area contributed by atoms with Crippen molar-refractivity contribution in [2.24, 2.45) is 5.41 Å². The maximum atomic E-state index is 4.35. The molecule has 3 heteroatoms. The molecule has 0 aromatic carbocycles. The minimum atomic E-state index is 0.271. The number of nitrogens with one attached hydrogen (secondary N) is 1. The smallest absolute Gasteiger partial charge is 0.0543 e. The molecule has 17 heavy (non-hydrogen) atoms. The van der Waals surface area contributed by atoms with Crippen molar-refractivity contribution in [3.8, 4) is 0 Å². The Balaban J connectivity index is 2.51. The zero-order valence-corrected chi connectivity index (χ0v) is 11.7. The Hall–Kier alpha value is -0.930. The molecule has 1 rings (SSSR count). The van der Waals surface area contributed by atoms with Crippen LogP contribution in [0.25, 0.3) is 0 Å². The lowest BCUT2D eigenvalue weighted by Gasteiger charge is -2.33. The molecule has 1 atom stereocenters. The highest BCUT2D eigenvalue weighted by Gasteiger charge is 2.24. The first-order chi connectivity index (χ1) is 7.93. The zero-order valence-electron chi connectivity index (χ0n) is 11.7. The Morgan fingerprint density at radius 1 is 1.35 bits per heavy atom. The van der Waals surface area contributed by atoms with Gasteiger partial charge in [0.25, 0.3) is 0 Å². The van der Waals surface area contributed by atoms with Crippen LogP contribution in [0.4, 0.5) is 0 Å². The van der Waals surface area contributed by atoms with Gasteiger partial charge < -0.3 is 5.32 Å². The van der Waals surface area contributed by atoms with Gasteiger partial charge in [-0.1, -0.05) is 26.8 Å². The maximum absolute atomic E-state index is 4.35. The van der Waals surface area contributed by atoms with E-state index in [0.717, 1.165) is 18.8 Å². The zero-order chi connectivity index (χ0) is 12.9. The predicted octanol–water partition coefficient (Wildman–Crippen LogP) is 2.15. The molecule has 1 N–H and O–H groups in total. The fraction of sp³-hybridized carbons (Fsp3) is 0.643. The number of hydrogen-bond acceptors (Lipinski definition) is 3. The van der Waals surface area contributed by atoms with Crippen molar-refractivity contribution in [2.75, 3.05) is 20.6 Å². The second-order valence-electron chi connectivity index (χ2n) is 5.73. The van der Waals surface area contributed by atoms with Crippen molar-refractivity contribution in [2.45, 2.75) is 33.4 Å². The molecule has 1 aromatic rings. The van der Waals surface area contributed by atoms with Gasteiger partial charge in [0.05, 0.1) is 5.69 Å².